The summed E-state index contributed by atoms with van der Waals surface area (Å²) in [7, 11) is 3.49. The van der Waals surface area contributed by atoms with E-state index < -0.39 is 6.04 Å². The van der Waals surface area contributed by atoms with Crippen LogP contribution in [0.1, 0.15) is 29.4 Å². The van der Waals surface area contributed by atoms with Crippen molar-refractivity contribution in [3.05, 3.63) is 71.8 Å². The molecule has 0 bridgehead atoms. The fraction of sp³-hybridized carbons (Fsp3) is 0.261. The second-order valence-electron chi connectivity index (χ2n) is 7.33. The van der Waals surface area contributed by atoms with E-state index >= 15 is 0 Å². The monoisotopic (exact) mass is 420 g/mol. The van der Waals surface area contributed by atoms with Crippen molar-refractivity contribution in [3.8, 4) is 11.5 Å². The number of benzene rings is 2. The number of carbonyl (C=O) groups is 2. The van der Waals surface area contributed by atoms with Crippen LogP contribution in [-0.4, -0.2) is 35.1 Å². The molecular formula is C23H24N4O4. The number of carbonyl (C=O) groups excluding carboxylic acids is 2. The number of ether oxygens (including phenoxy) is 2. The highest BCUT2D eigenvalue weighted by Crippen LogP contribution is 2.27. The second kappa shape index (κ2) is 8.91. The third kappa shape index (κ3) is 4.69. The summed E-state index contributed by atoms with van der Waals surface area (Å²) in [6.07, 6.45) is 4.63. The van der Waals surface area contributed by atoms with Crippen LogP contribution in [0.25, 0.3) is 0 Å². The van der Waals surface area contributed by atoms with Crippen molar-refractivity contribution in [2.45, 2.75) is 18.9 Å². The Kier molecular flexibility index (Phi) is 5.88. The van der Waals surface area contributed by atoms with Crippen molar-refractivity contribution in [2.24, 2.45) is 7.05 Å². The number of hydrogen-bond donors (Lipinski definition) is 2. The van der Waals surface area contributed by atoms with Gasteiger partial charge in [0.05, 0.1) is 7.11 Å². The number of imidazole rings is 1. The number of nitrogens with zero attached hydrogens (tertiary/aromatic N) is 2. The predicted molar refractivity (Wildman–Crippen MR) is 115 cm³/mol. The average Bonchev–Trinajstić information content (AvgIpc) is 3.21. The molecule has 0 saturated carbocycles. The summed E-state index contributed by atoms with van der Waals surface area (Å²) in [5.74, 6) is 1.78. The molecule has 0 radical (unpaired) electrons. The largest absolute Gasteiger partial charge is 0.497 e. The molecule has 1 aromatic heterocycles. The molecule has 0 saturated heterocycles. The highest BCUT2D eigenvalue weighted by atomic mass is 16.5. The normalized spacial score (nSPS) is 13.7. The molecule has 1 atom stereocenters. The van der Waals surface area contributed by atoms with E-state index in [1.807, 2.05) is 48.1 Å². The van der Waals surface area contributed by atoms with Gasteiger partial charge in [0.15, 0.2) is 6.61 Å². The highest BCUT2D eigenvalue weighted by molar-refractivity contribution is 5.94. The number of nitrogens with one attached hydrogen (secondary N) is 2. The van der Waals surface area contributed by atoms with Gasteiger partial charge < -0.3 is 24.7 Å². The fourth-order valence-corrected chi connectivity index (χ4v) is 3.55. The molecule has 4 rings (SSSR count). The van der Waals surface area contributed by atoms with Crippen LogP contribution < -0.4 is 20.1 Å². The van der Waals surface area contributed by atoms with Crippen LogP contribution in [0.5, 0.6) is 11.5 Å². The first-order valence-corrected chi connectivity index (χ1v) is 9.99. The maximum atomic E-state index is 12.7. The Balaban J connectivity index is 1.45. The van der Waals surface area contributed by atoms with Crippen LogP contribution in [0.2, 0.25) is 0 Å². The Hall–Kier alpha value is -3.81. The maximum Gasteiger partial charge on any atom is 0.258 e. The van der Waals surface area contributed by atoms with Gasteiger partial charge in [-0.1, -0.05) is 12.1 Å². The maximum absolute atomic E-state index is 12.7. The van der Waals surface area contributed by atoms with Crippen LogP contribution in [0.4, 0.5) is 5.69 Å². The van der Waals surface area contributed by atoms with Gasteiger partial charge in [0.2, 0.25) is 5.91 Å². The predicted octanol–water partition coefficient (Wildman–Crippen LogP) is 2.60. The number of fused-ring (bicyclic) bond motifs is 1. The van der Waals surface area contributed by atoms with Crippen LogP contribution >= 0.6 is 0 Å². The van der Waals surface area contributed by atoms with Crippen LogP contribution in [0.3, 0.4) is 0 Å². The van der Waals surface area contributed by atoms with E-state index in [0.29, 0.717) is 24.4 Å². The molecule has 0 unspecified atom stereocenters. The zero-order valence-electron chi connectivity index (χ0n) is 17.4. The molecule has 2 aromatic carbocycles. The molecule has 2 N–H and O–H groups in total. The van der Waals surface area contributed by atoms with E-state index in [9.17, 15) is 9.59 Å². The van der Waals surface area contributed by atoms with Gasteiger partial charge in [0.1, 0.15) is 23.4 Å². The Labute approximate surface area is 180 Å². The van der Waals surface area contributed by atoms with Gasteiger partial charge in [-0.3, -0.25) is 9.59 Å². The van der Waals surface area contributed by atoms with Gasteiger partial charge in [-0.25, -0.2) is 4.98 Å². The molecule has 2 amide bonds. The summed E-state index contributed by atoms with van der Waals surface area (Å²) in [6, 6.07) is 12.5. The zero-order chi connectivity index (χ0) is 21.8. The second-order valence-corrected chi connectivity index (χ2v) is 7.33. The lowest BCUT2D eigenvalue weighted by atomic mass is 10.0. The summed E-state index contributed by atoms with van der Waals surface area (Å²) in [6.45, 7) is -0.137. The van der Waals surface area contributed by atoms with Crippen LogP contribution in [-0.2, 0) is 23.1 Å². The number of anilines is 1. The zero-order valence-corrected chi connectivity index (χ0v) is 17.4. The average molecular weight is 420 g/mol. The molecule has 2 heterocycles. The summed E-state index contributed by atoms with van der Waals surface area (Å²) < 4.78 is 12.8. The standard InChI is InChI=1S/C23H24N4O4/c1-27-12-11-24-23(27)22(15-3-6-17(30-2)7-4-15)26-21(29)14-31-18-8-9-19-16(13-18)5-10-20(28)25-19/h3-4,6-9,11-13,22H,5,10,14H2,1-2H3,(H,25,28)(H,26,29)/t22-/m0/s1. The molecule has 160 valence electrons. The van der Waals surface area contributed by atoms with E-state index in [4.69, 9.17) is 9.47 Å². The molecule has 0 spiro atoms. The molecule has 1 aliphatic rings. The number of aryl methyl sites for hydroxylation is 2. The number of methoxy groups -OCH3 is 1. The van der Waals surface area contributed by atoms with Crippen molar-refractivity contribution in [2.75, 3.05) is 19.0 Å². The third-order valence-electron chi connectivity index (χ3n) is 5.21. The summed E-state index contributed by atoms with van der Waals surface area (Å²) in [4.78, 5) is 28.6. The van der Waals surface area contributed by atoms with Crippen LogP contribution in [0.15, 0.2) is 54.9 Å². The van der Waals surface area contributed by atoms with Crippen LogP contribution in [0, 0.1) is 0 Å². The molecule has 0 fully saturated rings. The highest BCUT2D eigenvalue weighted by Gasteiger charge is 2.21. The smallest absolute Gasteiger partial charge is 0.258 e. The molecule has 3 aromatic rings. The fourth-order valence-electron chi connectivity index (χ4n) is 3.55. The number of rotatable bonds is 7. The minimum absolute atomic E-state index is 0.0133. The first kappa shape index (κ1) is 20.5. The van der Waals surface area contributed by atoms with Gasteiger partial charge >= 0.3 is 0 Å². The number of hydrogen-bond acceptors (Lipinski definition) is 5. The van der Waals surface area contributed by atoms with Gasteiger partial charge in [-0.2, -0.15) is 0 Å². The van der Waals surface area contributed by atoms with Crippen molar-refractivity contribution in [1.29, 1.82) is 0 Å². The molecule has 31 heavy (non-hydrogen) atoms. The summed E-state index contributed by atoms with van der Waals surface area (Å²) in [5.41, 5.74) is 2.68. The van der Waals surface area contributed by atoms with E-state index in [0.717, 1.165) is 22.6 Å². The molecule has 1 aliphatic heterocycles. The van der Waals surface area contributed by atoms with Gasteiger partial charge in [-0.05, 0) is 47.9 Å². The molecule has 8 heteroatoms. The van der Waals surface area contributed by atoms with Crippen molar-refractivity contribution < 1.29 is 19.1 Å². The Morgan fingerprint density at radius 3 is 2.68 bits per heavy atom. The lowest BCUT2D eigenvalue weighted by molar-refractivity contribution is -0.123. The quantitative estimate of drug-likeness (QED) is 0.613. The molecule has 0 aliphatic carbocycles. The van der Waals surface area contributed by atoms with Gasteiger partial charge in [0.25, 0.3) is 5.91 Å². The Morgan fingerprint density at radius 2 is 1.97 bits per heavy atom. The lowest BCUT2D eigenvalue weighted by Gasteiger charge is -2.20. The van der Waals surface area contributed by atoms with Gasteiger partial charge in [-0.15, -0.1) is 0 Å². The van der Waals surface area contributed by atoms with E-state index in [2.05, 4.69) is 15.6 Å². The third-order valence-corrected chi connectivity index (χ3v) is 5.21. The topological polar surface area (TPSA) is 94.5 Å². The SMILES string of the molecule is COc1ccc([C@H](NC(=O)COc2ccc3c(c2)CCC(=O)N3)c2nccn2C)cc1. The first-order chi connectivity index (χ1) is 15.0. The number of aromatic nitrogens is 2. The van der Waals surface area contributed by atoms with Crippen molar-refractivity contribution >= 4 is 17.5 Å². The van der Waals surface area contributed by atoms with E-state index in [1.54, 1.807) is 25.4 Å². The summed E-state index contributed by atoms with van der Waals surface area (Å²) in [5, 5.41) is 5.84. The first-order valence-electron chi connectivity index (χ1n) is 9.99. The minimum atomic E-state index is -0.430. The van der Waals surface area contributed by atoms with Crippen molar-refractivity contribution in [3.63, 3.8) is 0 Å². The molecule has 8 nitrogen and oxygen atoms in total. The molecular weight excluding hydrogens is 396 g/mol. The van der Waals surface area contributed by atoms with Gasteiger partial charge in [0, 0.05) is 31.5 Å². The van der Waals surface area contributed by atoms with E-state index in [-0.39, 0.29) is 18.4 Å². The summed E-state index contributed by atoms with van der Waals surface area (Å²) >= 11 is 0. The Bertz CT molecular complexity index is 1090. The Morgan fingerprint density at radius 1 is 1.19 bits per heavy atom. The minimum Gasteiger partial charge on any atom is -0.497 e. The van der Waals surface area contributed by atoms with Crippen molar-refractivity contribution in [1.82, 2.24) is 14.9 Å². The lowest BCUT2D eigenvalue weighted by Crippen LogP contribution is -2.34. The van der Waals surface area contributed by atoms with E-state index in [1.165, 1.54) is 0 Å². The number of amides is 2.